The molecule has 1 amide bonds. The zero-order valence-electron chi connectivity index (χ0n) is 24.1. The zero-order chi connectivity index (χ0) is 31.8. The van der Waals surface area contributed by atoms with E-state index in [2.05, 4.69) is 0 Å². The molecule has 2 fully saturated rings. The summed E-state index contributed by atoms with van der Waals surface area (Å²) in [4.78, 5) is 27.8. The van der Waals surface area contributed by atoms with E-state index in [1.807, 2.05) is 13.8 Å². The second-order valence-corrected chi connectivity index (χ2v) is 14.5. The number of carboxylic acids is 1. The van der Waals surface area contributed by atoms with E-state index in [1.54, 1.807) is 54.6 Å². The first-order chi connectivity index (χ1) is 20.9. The summed E-state index contributed by atoms with van der Waals surface area (Å²) in [6.07, 6.45) is -1.94. The molecule has 0 radical (unpaired) electrons. The normalized spacial score (nSPS) is 21.4. The molecule has 1 N–H and O–H groups in total. The highest BCUT2D eigenvalue weighted by Gasteiger charge is 2.50. The summed E-state index contributed by atoms with van der Waals surface area (Å²) in [5.41, 5.74) is 1.13. The third-order valence-electron chi connectivity index (χ3n) is 8.03. The lowest BCUT2D eigenvalue weighted by molar-refractivity contribution is -0.184. The largest absolute Gasteiger partial charge is 0.481 e. The third kappa shape index (κ3) is 6.73. The van der Waals surface area contributed by atoms with Gasteiger partial charge in [-0.1, -0.05) is 73.4 Å². The number of sulfonamides is 1. The molecular formula is C32H33Cl2FN2O6S. The Balaban J connectivity index is 1.69. The SMILES string of the molecule is CC(C)[C@@H](CN(c1ccccc1F)S(=O)(=O)C1CC1)N1C(=O)[C@H](CC(=O)O)O[C@H](c2cccc(Cl)c2)[C@H]1c1ccc(Cl)cc1. The molecule has 1 aliphatic heterocycles. The summed E-state index contributed by atoms with van der Waals surface area (Å²) in [7, 11) is -3.98. The second-order valence-electron chi connectivity index (χ2n) is 11.5. The number of aliphatic carboxylic acids is 1. The maximum Gasteiger partial charge on any atom is 0.306 e. The topological polar surface area (TPSA) is 104 Å². The van der Waals surface area contributed by atoms with Gasteiger partial charge in [-0.15, -0.1) is 0 Å². The quantitative estimate of drug-likeness (QED) is 0.247. The first-order valence-electron chi connectivity index (χ1n) is 14.3. The number of amides is 1. The highest BCUT2D eigenvalue weighted by Crippen LogP contribution is 2.46. The summed E-state index contributed by atoms with van der Waals surface area (Å²) in [5.74, 6) is -2.89. The number of benzene rings is 3. The number of nitrogens with zero attached hydrogens (tertiary/aromatic N) is 2. The Kier molecular flexibility index (Phi) is 9.55. The van der Waals surface area contributed by atoms with Crippen molar-refractivity contribution in [3.8, 4) is 0 Å². The Bertz CT molecular complexity index is 1630. The first kappa shape index (κ1) is 32.2. The number of para-hydroxylation sites is 1. The van der Waals surface area contributed by atoms with E-state index in [-0.39, 0.29) is 18.2 Å². The van der Waals surface area contributed by atoms with Crippen LogP contribution < -0.4 is 4.31 Å². The summed E-state index contributed by atoms with van der Waals surface area (Å²) >= 11 is 12.6. The molecule has 1 saturated heterocycles. The monoisotopic (exact) mass is 662 g/mol. The number of anilines is 1. The molecule has 44 heavy (non-hydrogen) atoms. The number of carboxylic acid groups (broad SMARTS) is 1. The number of carbonyl (C=O) groups excluding carboxylic acids is 1. The molecule has 234 valence electrons. The molecule has 3 aromatic rings. The molecule has 3 aromatic carbocycles. The Morgan fingerprint density at radius 3 is 2.30 bits per heavy atom. The van der Waals surface area contributed by atoms with Gasteiger partial charge >= 0.3 is 5.97 Å². The molecule has 1 saturated carbocycles. The maximum absolute atomic E-state index is 15.2. The summed E-state index contributed by atoms with van der Waals surface area (Å²) in [5, 5.41) is 9.95. The number of rotatable bonds is 11. The Morgan fingerprint density at radius 1 is 1.02 bits per heavy atom. The molecule has 8 nitrogen and oxygen atoms in total. The summed E-state index contributed by atoms with van der Waals surface area (Å²) < 4.78 is 50.2. The molecule has 5 rings (SSSR count). The van der Waals surface area contributed by atoms with E-state index in [0.29, 0.717) is 34.0 Å². The van der Waals surface area contributed by atoms with Crippen LogP contribution in [0.3, 0.4) is 0 Å². The summed E-state index contributed by atoms with van der Waals surface area (Å²) in [6.45, 7) is 3.43. The average Bonchev–Trinajstić information content (AvgIpc) is 3.82. The highest BCUT2D eigenvalue weighted by atomic mass is 35.5. The van der Waals surface area contributed by atoms with Crippen LogP contribution in [0.4, 0.5) is 10.1 Å². The van der Waals surface area contributed by atoms with Crippen LogP contribution in [0.5, 0.6) is 0 Å². The minimum absolute atomic E-state index is 0.109. The average molecular weight is 664 g/mol. The lowest BCUT2D eigenvalue weighted by Crippen LogP contribution is -2.59. The molecule has 0 unspecified atom stereocenters. The van der Waals surface area contributed by atoms with Crippen LogP contribution in [0.1, 0.15) is 56.4 Å². The molecule has 0 spiro atoms. The second kappa shape index (κ2) is 13.0. The standard InChI is InChI=1S/C32H33Cl2FN2O6S/c1-19(2)27(18-36(44(41,42)24-14-15-24)26-9-4-3-8-25(26)35)37-30(20-10-12-22(33)13-11-20)31(21-6-5-7-23(34)16-21)43-28(32(37)40)17-29(38)39/h3-13,16,19,24,27-28,30-31H,14-15,17-18H2,1-2H3,(H,38,39)/t27-,28+,30-,31-/m1/s1. The Hall–Kier alpha value is -3.18. The van der Waals surface area contributed by atoms with E-state index in [1.165, 1.54) is 23.1 Å². The Labute approximate surface area is 266 Å². The van der Waals surface area contributed by atoms with Crippen LogP contribution in [0, 0.1) is 11.7 Å². The molecule has 1 aliphatic carbocycles. The van der Waals surface area contributed by atoms with Gasteiger partial charge in [0.25, 0.3) is 5.91 Å². The lowest BCUT2D eigenvalue weighted by Gasteiger charge is -2.50. The number of carbonyl (C=O) groups is 2. The Morgan fingerprint density at radius 2 is 1.70 bits per heavy atom. The zero-order valence-corrected chi connectivity index (χ0v) is 26.5. The first-order valence-corrected chi connectivity index (χ1v) is 16.6. The number of morpholine rings is 1. The van der Waals surface area contributed by atoms with Crippen LogP contribution in [0.15, 0.2) is 72.8 Å². The fourth-order valence-electron chi connectivity index (χ4n) is 5.69. The minimum Gasteiger partial charge on any atom is -0.481 e. The smallest absolute Gasteiger partial charge is 0.306 e. The van der Waals surface area contributed by atoms with Crippen LogP contribution in [0.25, 0.3) is 0 Å². The van der Waals surface area contributed by atoms with Crippen LogP contribution in [-0.2, 0) is 24.3 Å². The van der Waals surface area contributed by atoms with Gasteiger partial charge < -0.3 is 14.7 Å². The fourth-order valence-corrected chi connectivity index (χ4v) is 7.89. The van der Waals surface area contributed by atoms with Gasteiger partial charge in [-0.2, -0.15) is 0 Å². The van der Waals surface area contributed by atoms with Crippen molar-refractivity contribution in [1.82, 2.24) is 4.90 Å². The van der Waals surface area contributed by atoms with Crippen molar-refractivity contribution < 1.29 is 32.2 Å². The van der Waals surface area contributed by atoms with Crippen molar-refractivity contribution >= 4 is 50.8 Å². The third-order valence-corrected chi connectivity index (χ3v) is 10.8. The van der Waals surface area contributed by atoms with Crippen LogP contribution >= 0.6 is 23.2 Å². The van der Waals surface area contributed by atoms with Gasteiger partial charge in [0.1, 0.15) is 18.0 Å². The molecule has 4 atom stereocenters. The predicted octanol–water partition coefficient (Wildman–Crippen LogP) is 6.64. The van der Waals surface area contributed by atoms with E-state index < -0.39 is 63.7 Å². The molecule has 0 bridgehead atoms. The number of hydrogen-bond donors (Lipinski definition) is 1. The van der Waals surface area contributed by atoms with Gasteiger partial charge in [0.05, 0.1) is 36.0 Å². The fraction of sp³-hybridized carbons (Fsp3) is 0.375. The van der Waals surface area contributed by atoms with Gasteiger partial charge in [0.15, 0.2) is 0 Å². The van der Waals surface area contributed by atoms with Crippen LogP contribution in [-0.4, -0.2) is 54.2 Å². The van der Waals surface area contributed by atoms with E-state index in [0.717, 1.165) is 4.31 Å². The predicted molar refractivity (Wildman–Crippen MR) is 167 cm³/mol. The summed E-state index contributed by atoms with van der Waals surface area (Å²) in [6, 6.07) is 17.7. The molecule has 12 heteroatoms. The number of hydrogen-bond acceptors (Lipinski definition) is 5. The van der Waals surface area contributed by atoms with E-state index >= 15 is 4.39 Å². The van der Waals surface area contributed by atoms with E-state index in [9.17, 15) is 23.1 Å². The van der Waals surface area contributed by atoms with Crippen LogP contribution in [0.2, 0.25) is 10.0 Å². The minimum atomic E-state index is -3.98. The van der Waals surface area contributed by atoms with Crippen molar-refractivity contribution in [3.05, 3.63) is 99.8 Å². The van der Waals surface area contributed by atoms with Crippen molar-refractivity contribution in [1.29, 1.82) is 0 Å². The van der Waals surface area contributed by atoms with Gasteiger partial charge in [-0.3, -0.25) is 13.9 Å². The van der Waals surface area contributed by atoms with Gasteiger partial charge in [0.2, 0.25) is 10.0 Å². The van der Waals surface area contributed by atoms with Gasteiger partial charge in [-0.25, -0.2) is 12.8 Å². The number of ether oxygens (including phenoxy) is 1. The van der Waals surface area contributed by atoms with E-state index in [4.69, 9.17) is 27.9 Å². The molecule has 0 aromatic heterocycles. The number of halogens is 3. The van der Waals surface area contributed by atoms with Gasteiger partial charge in [0, 0.05) is 10.0 Å². The molecular weight excluding hydrogens is 630 g/mol. The van der Waals surface area contributed by atoms with Crippen molar-refractivity contribution in [2.75, 3.05) is 10.8 Å². The highest BCUT2D eigenvalue weighted by molar-refractivity contribution is 7.93. The van der Waals surface area contributed by atoms with Crippen molar-refractivity contribution in [2.45, 2.75) is 62.7 Å². The molecule has 1 heterocycles. The van der Waals surface area contributed by atoms with Gasteiger partial charge in [-0.05, 0) is 66.3 Å². The maximum atomic E-state index is 15.2. The van der Waals surface area contributed by atoms with Crippen molar-refractivity contribution in [2.24, 2.45) is 5.92 Å². The molecule has 2 aliphatic rings. The van der Waals surface area contributed by atoms with Crippen molar-refractivity contribution in [3.63, 3.8) is 0 Å². The lowest BCUT2D eigenvalue weighted by atomic mass is 9.88.